The van der Waals surface area contributed by atoms with Crippen LogP contribution in [0.2, 0.25) is 0 Å². The van der Waals surface area contributed by atoms with Gasteiger partial charge >= 0.3 is 0 Å². The Morgan fingerprint density at radius 3 is 2.00 bits per heavy atom. The van der Waals surface area contributed by atoms with Crippen molar-refractivity contribution in [2.45, 2.75) is 77.0 Å². The van der Waals surface area contributed by atoms with Gasteiger partial charge in [-0.25, -0.2) is 0 Å². The number of carbonyl (C=O) groups excluding carboxylic acids is 2. The van der Waals surface area contributed by atoms with Gasteiger partial charge < -0.3 is 9.64 Å². The molecule has 0 spiro atoms. The number of ether oxygens (including phenoxy) is 1. The van der Waals surface area contributed by atoms with Crippen molar-refractivity contribution >= 4 is 43.4 Å². The summed E-state index contributed by atoms with van der Waals surface area (Å²) in [5, 5.41) is 0. The number of allylic oxidation sites excluding steroid dienone is 4. The fourth-order valence-corrected chi connectivity index (χ4v) is 6.72. The van der Waals surface area contributed by atoms with E-state index in [0.29, 0.717) is 19.4 Å². The van der Waals surface area contributed by atoms with Crippen LogP contribution < -0.4 is 4.74 Å². The number of unbranched alkanes of at least 4 members (excludes halogenated alkanes) is 3. The molecule has 2 aliphatic carbocycles. The minimum Gasteiger partial charge on any atom is -0.491 e. The summed E-state index contributed by atoms with van der Waals surface area (Å²) in [6, 6.07) is 4.09. The smallest absolute Gasteiger partial charge is 0.161 e. The summed E-state index contributed by atoms with van der Waals surface area (Å²) in [5.74, 6) is 0.850. The van der Waals surface area contributed by atoms with Crippen molar-refractivity contribution in [3.05, 3.63) is 49.2 Å². The molecule has 0 N–H and O–H groups in total. The van der Waals surface area contributed by atoms with Gasteiger partial charge in [-0.3, -0.25) is 9.59 Å². The Balaban J connectivity index is 1.73. The van der Waals surface area contributed by atoms with E-state index in [2.05, 4.69) is 43.7 Å². The number of halogens is 2. The monoisotopic (exact) mass is 563 g/mol. The van der Waals surface area contributed by atoms with Crippen LogP contribution in [0.25, 0.3) is 0 Å². The Morgan fingerprint density at radius 1 is 0.906 bits per heavy atom. The van der Waals surface area contributed by atoms with E-state index < -0.39 is 0 Å². The lowest BCUT2D eigenvalue weighted by molar-refractivity contribution is -0.117. The number of hydrogen-bond acceptors (Lipinski definition) is 4. The zero-order valence-corrected chi connectivity index (χ0v) is 22.1. The molecule has 0 unspecified atom stereocenters. The van der Waals surface area contributed by atoms with Crippen molar-refractivity contribution in [2.24, 2.45) is 0 Å². The number of ketones is 2. The molecule has 0 saturated heterocycles. The van der Waals surface area contributed by atoms with Gasteiger partial charge in [-0.1, -0.05) is 26.2 Å². The van der Waals surface area contributed by atoms with E-state index in [0.717, 1.165) is 81.3 Å². The zero-order valence-electron chi connectivity index (χ0n) is 18.9. The highest BCUT2D eigenvalue weighted by molar-refractivity contribution is 9.11. The van der Waals surface area contributed by atoms with Gasteiger partial charge in [0.25, 0.3) is 0 Å². The molecular formula is C26H31Br2NO3. The van der Waals surface area contributed by atoms with E-state index in [1.165, 1.54) is 12.8 Å². The van der Waals surface area contributed by atoms with Crippen molar-refractivity contribution in [1.29, 1.82) is 0 Å². The highest BCUT2D eigenvalue weighted by atomic mass is 79.9. The molecule has 0 bridgehead atoms. The van der Waals surface area contributed by atoms with Crippen LogP contribution >= 0.6 is 31.9 Å². The van der Waals surface area contributed by atoms with E-state index >= 15 is 0 Å². The fourth-order valence-electron chi connectivity index (χ4n) is 5.27. The third-order valence-electron chi connectivity index (χ3n) is 6.84. The molecule has 0 fully saturated rings. The molecule has 0 amide bonds. The van der Waals surface area contributed by atoms with Crippen LogP contribution in [0, 0.1) is 0 Å². The molecular weight excluding hydrogens is 534 g/mol. The van der Waals surface area contributed by atoms with E-state index in [1.807, 2.05) is 19.2 Å². The van der Waals surface area contributed by atoms with Crippen molar-refractivity contribution < 1.29 is 14.3 Å². The first kappa shape index (κ1) is 23.7. The van der Waals surface area contributed by atoms with Gasteiger partial charge in [0.1, 0.15) is 5.75 Å². The molecule has 32 heavy (non-hydrogen) atoms. The average molecular weight is 565 g/mol. The Hall–Kier alpha value is -1.40. The average Bonchev–Trinajstić information content (AvgIpc) is 2.76. The largest absolute Gasteiger partial charge is 0.491 e. The van der Waals surface area contributed by atoms with Crippen LogP contribution in [-0.2, 0) is 9.59 Å². The lowest BCUT2D eigenvalue weighted by Gasteiger charge is -2.42. The fraction of sp³-hybridized carbons (Fsp3) is 0.538. The second-order valence-corrected chi connectivity index (χ2v) is 10.7. The molecule has 0 atom stereocenters. The Labute approximate surface area is 207 Å². The number of Topliss-reactive ketones (excluding diaryl/α,β-unsaturated/α-hetero) is 2. The van der Waals surface area contributed by atoms with Gasteiger partial charge in [0, 0.05) is 48.3 Å². The molecule has 1 heterocycles. The van der Waals surface area contributed by atoms with Crippen LogP contribution in [0.15, 0.2) is 43.6 Å². The van der Waals surface area contributed by atoms with Crippen LogP contribution in [0.1, 0.15) is 82.6 Å². The molecule has 4 rings (SSSR count). The van der Waals surface area contributed by atoms with Gasteiger partial charge in [0.2, 0.25) is 0 Å². The standard InChI is InChI=1S/C26H31Br2NO3/c1-3-4-5-6-13-32-26-17(27)14-16(15-18(26)28)23-24-19(9-7-11-21(24)30)29(2)20-10-8-12-22(31)25(20)23/h14-15,23H,3-13H2,1-2H3. The summed E-state index contributed by atoms with van der Waals surface area (Å²) in [5.41, 5.74) is 4.81. The number of hydrogen-bond donors (Lipinski definition) is 0. The van der Waals surface area contributed by atoms with Crippen LogP contribution in [0.4, 0.5) is 0 Å². The summed E-state index contributed by atoms with van der Waals surface area (Å²) in [6.45, 7) is 2.87. The van der Waals surface area contributed by atoms with Gasteiger partial charge in [0.15, 0.2) is 11.6 Å². The number of carbonyl (C=O) groups is 2. The molecule has 4 nitrogen and oxygen atoms in total. The van der Waals surface area contributed by atoms with Crippen molar-refractivity contribution in [3.63, 3.8) is 0 Å². The first-order chi connectivity index (χ1) is 15.4. The predicted octanol–water partition coefficient (Wildman–Crippen LogP) is 7.21. The Kier molecular flexibility index (Phi) is 7.61. The molecule has 1 aromatic rings. The molecule has 1 aromatic carbocycles. The predicted molar refractivity (Wildman–Crippen MR) is 134 cm³/mol. The number of rotatable bonds is 7. The van der Waals surface area contributed by atoms with Gasteiger partial charge in [0.05, 0.1) is 15.6 Å². The second-order valence-electron chi connectivity index (χ2n) is 8.99. The van der Waals surface area contributed by atoms with Crippen LogP contribution in [-0.4, -0.2) is 30.1 Å². The summed E-state index contributed by atoms with van der Waals surface area (Å²) >= 11 is 7.40. The van der Waals surface area contributed by atoms with Gasteiger partial charge in [-0.2, -0.15) is 0 Å². The molecule has 172 valence electrons. The Morgan fingerprint density at radius 2 is 1.47 bits per heavy atom. The van der Waals surface area contributed by atoms with Crippen LogP contribution in [0.5, 0.6) is 5.75 Å². The minimum atomic E-state index is -0.289. The third-order valence-corrected chi connectivity index (χ3v) is 8.02. The molecule has 0 saturated carbocycles. The lowest BCUT2D eigenvalue weighted by Crippen LogP contribution is -2.37. The normalized spacial score (nSPS) is 19.4. The van der Waals surface area contributed by atoms with Crippen molar-refractivity contribution in [3.8, 4) is 5.75 Å². The number of nitrogens with zero attached hydrogens (tertiary/aromatic N) is 1. The maximum absolute atomic E-state index is 13.1. The minimum absolute atomic E-state index is 0.177. The lowest BCUT2D eigenvalue weighted by atomic mass is 9.71. The van der Waals surface area contributed by atoms with E-state index in [1.54, 1.807) is 0 Å². The first-order valence-electron chi connectivity index (χ1n) is 11.8. The van der Waals surface area contributed by atoms with E-state index in [4.69, 9.17) is 4.74 Å². The van der Waals surface area contributed by atoms with E-state index in [-0.39, 0.29) is 17.5 Å². The summed E-state index contributed by atoms with van der Waals surface area (Å²) in [6.07, 6.45) is 9.26. The third kappa shape index (κ3) is 4.50. The molecule has 0 radical (unpaired) electrons. The SMILES string of the molecule is CCCCCCOc1c(Br)cc(C2C3=C(CCCC3=O)N(C)C3=C2C(=O)CCC3)cc1Br. The van der Waals surface area contributed by atoms with Crippen molar-refractivity contribution in [1.82, 2.24) is 4.90 Å². The quantitative estimate of drug-likeness (QED) is 0.328. The molecule has 1 aliphatic heterocycles. The van der Waals surface area contributed by atoms with Gasteiger partial charge in [-0.05, 0) is 81.7 Å². The Bertz CT molecular complexity index is 928. The summed E-state index contributed by atoms with van der Waals surface area (Å²) < 4.78 is 7.78. The highest BCUT2D eigenvalue weighted by Crippen LogP contribution is 2.50. The maximum atomic E-state index is 13.1. The van der Waals surface area contributed by atoms with Gasteiger partial charge in [-0.15, -0.1) is 0 Å². The first-order valence-corrected chi connectivity index (χ1v) is 13.4. The highest BCUT2D eigenvalue weighted by Gasteiger charge is 2.42. The van der Waals surface area contributed by atoms with Crippen LogP contribution in [0.3, 0.4) is 0 Å². The molecule has 0 aromatic heterocycles. The zero-order chi connectivity index (χ0) is 22.8. The van der Waals surface area contributed by atoms with Crippen molar-refractivity contribution in [2.75, 3.05) is 13.7 Å². The maximum Gasteiger partial charge on any atom is 0.161 e. The second kappa shape index (κ2) is 10.3. The number of benzene rings is 1. The molecule has 3 aliphatic rings. The molecule has 6 heteroatoms. The summed E-state index contributed by atoms with van der Waals surface area (Å²) in [4.78, 5) is 28.4. The summed E-state index contributed by atoms with van der Waals surface area (Å²) in [7, 11) is 2.03. The van der Waals surface area contributed by atoms with E-state index in [9.17, 15) is 9.59 Å². The topological polar surface area (TPSA) is 46.6 Å².